The van der Waals surface area contributed by atoms with Gasteiger partial charge in [0.1, 0.15) is 17.4 Å². The van der Waals surface area contributed by atoms with Gasteiger partial charge in [0.25, 0.3) is 5.91 Å². The summed E-state index contributed by atoms with van der Waals surface area (Å²) in [5.74, 6) is 0.328. The summed E-state index contributed by atoms with van der Waals surface area (Å²) in [7, 11) is 0. The monoisotopic (exact) mass is 422 g/mol. The van der Waals surface area contributed by atoms with Crippen LogP contribution in [0.2, 0.25) is 0 Å². The van der Waals surface area contributed by atoms with Gasteiger partial charge in [0.05, 0.1) is 28.5 Å². The van der Waals surface area contributed by atoms with Crippen LogP contribution in [0.3, 0.4) is 0 Å². The number of hydrogen-bond donors (Lipinski definition) is 1. The Bertz CT molecular complexity index is 1080. The smallest absolute Gasteiger partial charge is 0.255 e. The van der Waals surface area contributed by atoms with Crippen LogP contribution in [-0.2, 0) is 6.61 Å². The van der Waals surface area contributed by atoms with Crippen molar-refractivity contribution in [2.24, 2.45) is 0 Å². The number of para-hydroxylation sites is 1. The Morgan fingerprint density at radius 2 is 2.00 bits per heavy atom. The lowest BCUT2D eigenvalue weighted by Gasteiger charge is -2.14. The van der Waals surface area contributed by atoms with Crippen molar-refractivity contribution in [3.05, 3.63) is 81.3 Å². The summed E-state index contributed by atoms with van der Waals surface area (Å²) in [6, 6.07) is 10.8. The molecule has 1 aromatic carbocycles. The molecule has 0 aliphatic rings. The van der Waals surface area contributed by atoms with E-state index in [9.17, 15) is 4.79 Å². The largest absolute Gasteiger partial charge is 0.486 e. The van der Waals surface area contributed by atoms with Crippen LogP contribution < -0.4 is 10.1 Å². The molecule has 0 saturated heterocycles. The first-order valence-corrected chi connectivity index (χ1v) is 10.8. The molecule has 0 fully saturated rings. The topological polar surface area (TPSA) is 77.0 Å². The molecule has 0 aliphatic carbocycles. The summed E-state index contributed by atoms with van der Waals surface area (Å²) >= 11 is 3.03. The number of benzene rings is 1. The Balaban J connectivity index is 1.45. The zero-order valence-electron chi connectivity index (χ0n) is 15.6. The number of ether oxygens (including phenoxy) is 1. The van der Waals surface area contributed by atoms with E-state index in [0.717, 1.165) is 22.0 Å². The number of carbonyl (C=O) groups is 1. The van der Waals surface area contributed by atoms with Crippen LogP contribution in [0.4, 0.5) is 0 Å². The van der Waals surface area contributed by atoms with Crippen molar-refractivity contribution in [2.45, 2.75) is 19.6 Å². The van der Waals surface area contributed by atoms with Crippen molar-refractivity contribution in [1.29, 1.82) is 0 Å². The van der Waals surface area contributed by atoms with Crippen LogP contribution in [0.1, 0.15) is 34.0 Å². The molecule has 1 unspecified atom stereocenters. The van der Waals surface area contributed by atoms with Gasteiger partial charge in [0.2, 0.25) is 0 Å². The summed E-state index contributed by atoms with van der Waals surface area (Å²) < 4.78 is 5.82. The van der Waals surface area contributed by atoms with E-state index in [1.165, 1.54) is 22.7 Å². The number of nitrogens with one attached hydrogen (secondary N) is 1. The third-order valence-corrected chi connectivity index (χ3v) is 5.87. The molecule has 4 aromatic rings. The Hall–Kier alpha value is -3.10. The minimum Gasteiger partial charge on any atom is -0.486 e. The minimum absolute atomic E-state index is 0.202. The van der Waals surface area contributed by atoms with Crippen LogP contribution in [-0.4, -0.2) is 20.9 Å². The molecule has 0 bridgehead atoms. The third-order valence-electron chi connectivity index (χ3n) is 4.21. The van der Waals surface area contributed by atoms with Crippen LogP contribution in [0.5, 0.6) is 5.75 Å². The molecular weight excluding hydrogens is 404 g/mol. The number of hydrogen-bond acceptors (Lipinski definition) is 7. The second kappa shape index (κ2) is 8.93. The van der Waals surface area contributed by atoms with E-state index in [1.807, 2.05) is 41.9 Å². The van der Waals surface area contributed by atoms with Crippen LogP contribution in [0.15, 0.2) is 65.1 Å². The Labute approximate surface area is 176 Å². The molecule has 0 saturated carbocycles. The van der Waals surface area contributed by atoms with Crippen LogP contribution >= 0.6 is 22.7 Å². The Kier molecular flexibility index (Phi) is 5.92. The van der Waals surface area contributed by atoms with Crippen LogP contribution in [0.25, 0.3) is 11.3 Å². The fourth-order valence-corrected chi connectivity index (χ4v) is 4.10. The molecule has 0 spiro atoms. The standard InChI is InChI=1S/C21H18N4O2S2/c1-14(21-25-18(12-29-21)15-6-8-22-9-7-15)24-20(26)17-4-2-3-5-19(17)27-10-16-11-28-13-23-16/h2-9,11-14H,10H2,1H3,(H,24,26). The normalized spacial score (nSPS) is 11.8. The quantitative estimate of drug-likeness (QED) is 0.466. The average molecular weight is 423 g/mol. The van der Waals surface area contributed by atoms with Crippen molar-refractivity contribution in [1.82, 2.24) is 20.3 Å². The lowest BCUT2D eigenvalue weighted by molar-refractivity contribution is 0.0935. The highest BCUT2D eigenvalue weighted by Crippen LogP contribution is 2.26. The van der Waals surface area contributed by atoms with Crippen molar-refractivity contribution in [3.8, 4) is 17.0 Å². The molecule has 1 amide bonds. The summed E-state index contributed by atoms with van der Waals surface area (Å²) in [6.45, 7) is 2.25. The van der Waals surface area contributed by atoms with Gasteiger partial charge in [-0.25, -0.2) is 9.97 Å². The molecule has 0 aliphatic heterocycles. The van der Waals surface area contributed by atoms with Gasteiger partial charge >= 0.3 is 0 Å². The Morgan fingerprint density at radius 3 is 2.79 bits per heavy atom. The molecule has 3 aromatic heterocycles. The fraction of sp³-hybridized carbons (Fsp3) is 0.143. The zero-order valence-corrected chi connectivity index (χ0v) is 17.2. The van der Waals surface area contributed by atoms with Gasteiger partial charge in [0, 0.05) is 28.7 Å². The van der Waals surface area contributed by atoms with Crippen molar-refractivity contribution < 1.29 is 9.53 Å². The van der Waals surface area contributed by atoms with Gasteiger partial charge in [-0.1, -0.05) is 12.1 Å². The van der Waals surface area contributed by atoms with E-state index in [4.69, 9.17) is 4.74 Å². The van der Waals surface area contributed by atoms with Crippen molar-refractivity contribution in [2.75, 3.05) is 0 Å². The number of aromatic nitrogens is 3. The zero-order chi connectivity index (χ0) is 20.1. The number of thiazole rings is 2. The Morgan fingerprint density at radius 1 is 1.17 bits per heavy atom. The maximum Gasteiger partial charge on any atom is 0.255 e. The number of nitrogens with zero attached hydrogens (tertiary/aromatic N) is 3. The maximum atomic E-state index is 12.9. The highest BCUT2D eigenvalue weighted by molar-refractivity contribution is 7.10. The van der Waals surface area contributed by atoms with E-state index in [2.05, 4.69) is 20.3 Å². The first-order valence-electron chi connectivity index (χ1n) is 8.96. The molecule has 1 atom stereocenters. The van der Waals surface area contributed by atoms with Crippen molar-refractivity contribution >= 4 is 28.6 Å². The van der Waals surface area contributed by atoms with E-state index >= 15 is 0 Å². The second-order valence-corrected chi connectivity index (χ2v) is 7.88. The maximum absolute atomic E-state index is 12.9. The first-order chi connectivity index (χ1) is 14.2. The van der Waals surface area contributed by atoms with Crippen LogP contribution in [0, 0.1) is 0 Å². The third kappa shape index (κ3) is 4.67. The van der Waals surface area contributed by atoms with Gasteiger partial charge in [-0.3, -0.25) is 9.78 Å². The van der Waals surface area contributed by atoms with E-state index < -0.39 is 0 Å². The molecule has 146 valence electrons. The lowest BCUT2D eigenvalue weighted by atomic mass is 10.1. The fourth-order valence-electron chi connectivity index (χ4n) is 2.72. The number of pyridine rings is 1. The highest BCUT2D eigenvalue weighted by atomic mass is 32.1. The van der Waals surface area contributed by atoms with Gasteiger partial charge in [0.15, 0.2) is 0 Å². The highest BCUT2D eigenvalue weighted by Gasteiger charge is 2.18. The average Bonchev–Trinajstić information content (AvgIpc) is 3.45. The molecular formula is C21H18N4O2S2. The number of rotatable bonds is 7. The van der Waals surface area contributed by atoms with Gasteiger partial charge in [-0.15, -0.1) is 22.7 Å². The SMILES string of the molecule is CC(NC(=O)c1ccccc1OCc1cscn1)c1nc(-c2ccncc2)cs1. The molecule has 6 nitrogen and oxygen atoms in total. The summed E-state index contributed by atoms with van der Waals surface area (Å²) in [5.41, 5.74) is 4.96. The predicted molar refractivity (Wildman–Crippen MR) is 114 cm³/mol. The summed E-state index contributed by atoms with van der Waals surface area (Å²) in [5, 5.41) is 7.76. The number of amides is 1. The van der Waals surface area contributed by atoms with E-state index in [0.29, 0.717) is 17.9 Å². The summed E-state index contributed by atoms with van der Waals surface area (Å²) in [6.07, 6.45) is 3.48. The summed E-state index contributed by atoms with van der Waals surface area (Å²) in [4.78, 5) is 25.7. The molecule has 4 rings (SSSR count). The van der Waals surface area contributed by atoms with Gasteiger partial charge in [-0.05, 0) is 31.2 Å². The van der Waals surface area contributed by atoms with E-state index in [-0.39, 0.29) is 11.9 Å². The lowest BCUT2D eigenvalue weighted by Crippen LogP contribution is -2.27. The van der Waals surface area contributed by atoms with Crippen molar-refractivity contribution in [3.63, 3.8) is 0 Å². The molecule has 1 N–H and O–H groups in total. The number of carbonyl (C=O) groups excluding carboxylic acids is 1. The predicted octanol–water partition coefficient (Wildman–Crippen LogP) is 4.73. The minimum atomic E-state index is -0.227. The molecule has 8 heteroatoms. The molecule has 29 heavy (non-hydrogen) atoms. The molecule has 3 heterocycles. The van der Waals surface area contributed by atoms with Gasteiger partial charge < -0.3 is 10.1 Å². The molecule has 0 radical (unpaired) electrons. The van der Waals surface area contributed by atoms with Gasteiger partial charge in [-0.2, -0.15) is 0 Å². The van der Waals surface area contributed by atoms with E-state index in [1.54, 1.807) is 30.0 Å². The second-order valence-electron chi connectivity index (χ2n) is 6.27. The first kappa shape index (κ1) is 19.2.